The molecule has 0 amide bonds. The van der Waals surface area contributed by atoms with Crippen molar-refractivity contribution in [1.29, 1.82) is 0 Å². The lowest BCUT2D eigenvalue weighted by Gasteiger charge is -2.38. The van der Waals surface area contributed by atoms with Crippen molar-refractivity contribution >= 4 is 27.3 Å². The second-order valence-electron chi connectivity index (χ2n) is 6.40. The molecule has 2 aromatic carbocycles. The van der Waals surface area contributed by atoms with Gasteiger partial charge in [-0.15, -0.1) is 0 Å². The molecule has 5 nitrogen and oxygen atoms in total. The van der Waals surface area contributed by atoms with E-state index in [9.17, 15) is 10.1 Å². The van der Waals surface area contributed by atoms with E-state index in [1.165, 1.54) is 11.6 Å². The molecule has 0 spiro atoms. The highest BCUT2D eigenvalue weighted by molar-refractivity contribution is 9.10. The molecule has 128 valence electrons. The Morgan fingerprint density at radius 1 is 1.32 bits per heavy atom. The first-order valence-corrected chi connectivity index (χ1v) is 8.93. The molecule has 6 heteroatoms. The molecule has 1 N–H and O–H groups in total. The van der Waals surface area contributed by atoms with Crippen LogP contribution in [0.2, 0.25) is 0 Å². The second kappa shape index (κ2) is 6.19. The summed E-state index contributed by atoms with van der Waals surface area (Å²) in [6.07, 6.45) is 5.28. The summed E-state index contributed by atoms with van der Waals surface area (Å²) in [5.41, 5.74) is 3.05. The van der Waals surface area contributed by atoms with Gasteiger partial charge in [-0.25, -0.2) is 0 Å². The first-order valence-electron chi connectivity index (χ1n) is 8.13. The summed E-state index contributed by atoms with van der Waals surface area (Å²) in [4.78, 5) is 10.9. The van der Waals surface area contributed by atoms with Crippen LogP contribution in [0.1, 0.15) is 29.5 Å². The van der Waals surface area contributed by atoms with Gasteiger partial charge in [-0.1, -0.05) is 40.2 Å². The van der Waals surface area contributed by atoms with E-state index in [0.29, 0.717) is 11.7 Å². The number of anilines is 1. The van der Waals surface area contributed by atoms with Gasteiger partial charge in [0.25, 0.3) is 5.69 Å². The highest BCUT2D eigenvalue weighted by atomic mass is 79.9. The molecule has 25 heavy (non-hydrogen) atoms. The number of rotatable bonds is 3. The van der Waals surface area contributed by atoms with Crippen molar-refractivity contribution in [2.24, 2.45) is 5.92 Å². The fourth-order valence-corrected chi connectivity index (χ4v) is 4.37. The number of nitrogens with one attached hydrogen (secondary N) is 1. The lowest BCUT2D eigenvalue weighted by atomic mass is 9.76. The minimum atomic E-state index is -0.364. The van der Waals surface area contributed by atoms with Gasteiger partial charge in [-0.3, -0.25) is 10.1 Å². The van der Waals surface area contributed by atoms with Crippen LogP contribution in [0.25, 0.3) is 0 Å². The number of halogens is 1. The van der Waals surface area contributed by atoms with Crippen LogP contribution in [-0.2, 0) is 0 Å². The molecule has 0 fully saturated rings. The van der Waals surface area contributed by atoms with Crippen molar-refractivity contribution in [3.63, 3.8) is 0 Å². The van der Waals surface area contributed by atoms with Gasteiger partial charge in [0.05, 0.1) is 29.8 Å². The van der Waals surface area contributed by atoms with Crippen molar-refractivity contribution in [3.05, 3.63) is 74.3 Å². The molecule has 0 aromatic heterocycles. The van der Waals surface area contributed by atoms with Crippen molar-refractivity contribution in [2.45, 2.75) is 18.4 Å². The van der Waals surface area contributed by atoms with Crippen LogP contribution in [0.5, 0.6) is 5.75 Å². The van der Waals surface area contributed by atoms with Gasteiger partial charge in [-0.2, -0.15) is 0 Å². The topological polar surface area (TPSA) is 64.4 Å². The smallest absolute Gasteiger partial charge is 0.273 e. The molecule has 3 unspecified atom stereocenters. The van der Waals surface area contributed by atoms with Crippen molar-refractivity contribution < 1.29 is 9.66 Å². The first-order chi connectivity index (χ1) is 12.1. The van der Waals surface area contributed by atoms with Gasteiger partial charge in [0.1, 0.15) is 5.75 Å². The molecule has 0 saturated heterocycles. The number of non-ortho nitro benzene ring substituents is 1. The molecule has 1 aliphatic heterocycles. The number of ether oxygens (including phenoxy) is 1. The molecule has 0 bridgehead atoms. The largest absolute Gasteiger partial charge is 0.494 e. The molecular weight excluding hydrogens is 384 g/mol. The van der Waals surface area contributed by atoms with E-state index in [-0.39, 0.29) is 22.6 Å². The summed E-state index contributed by atoms with van der Waals surface area (Å²) in [5.74, 6) is 0.991. The molecular formula is C19H17BrN2O3. The summed E-state index contributed by atoms with van der Waals surface area (Å²) >= 11 is 3.54. The highest BCUT2D eigenvalue weighted by Crippen LogP contribution is 2.53. The van der Waals surface area contributed by atoms with Gasteiger partial charge < -0.3 is 10.1 Å². The van der Waals surface area contributed by atoms with Crippen LogP contribution in [0.15, 0.2) is 53.0 Å². The quantitative estimate of drug-likeness (QED) is 0.437. The van der Waals surface area contributed by atoms with Crippen LogP contribution in [-0.4, -0.2) is 12.0 Å². The summed E-state index contributed by atoms with van der Waals surface area (Å²) < 4.78 is 6.50. The molecule has 1 heterocycles. The Balaban J connectivity index is 1.85. The number of methoxy groups -OCH3 is 1. The molecule has 0 radical (unpaired) electrons. The summed E-state index contributed by atoms with van der Waals surface area (Å²) in [5, 5.41) is 14.9. The lowest BCUT2D eigenvalue weighted by molar-refractivity contribution is -0.385. The van der Waals surface area contributed by atoms with Gasteiger partial charge >= 0.3 is 0 Å². The number of allylic oxidation sites excluding steroid dienone is 2. The van der Waals surface area contributed by atoms with E-state index in [2.05, 4.69) is 45.5 Å². The average Bonchev–Trinajstić information content (AvgIpc) is 3.10. The van der Waals surface area contributed by atoms with E-state index in [4.69, 9.17) is 4.74 Å². The van der Waals surface area contributed by atoms with E-state index < -0.39 is 0 Å². The fraction of sp³-hybridized carbons (Fsp3) is 0.263. The normalized spacial score (nSPS) is 23.5. The fourth-order valence-electron chi connectivity index (χ4n) is 3.95. The Labute approximate surface area is 154 Å². The maximum absolute atomic E-state index is 11.3. The monoisotopic (exact) mass is 400 g/mol. The van der Waals surface area contributed by atoms with Gasteiger partial charge in [-0.05, 0) is 35.6 Å². The molecule has 1 aliphatic carbocycles. The Morgan fingerprint density at radius 2 is 2.16 bits per heavy atom. The van der Waals surface area contributed by atoms with E-state index in [1.54, 1.807) is 13.2 Å². The lowest BCUT2D eigenvalue weighted by Crippen LogP contribution is -2.29. The summed E-state index contributed by atoms with van der Waals surface area (Å²) in [6.45, 7) is 0. The number of nitro groups is 1. The Hall–Kier alpha value is -2.34. The van der Waals surface area contributed by atoms with Crippen molar-refractivity contribution in [2.75, 3.05) is 12.4 Å². The number of benzene rings is 2. The summed E-state index contributed by atoms with van der Waals surface area (Å²) in [7, 11) is 1.55. The maximum Gasteiger partial charge on any atom is 0.273 e. The van der Waals surface area contributed by atoms with E-state index in [0.717, 1.165) is 22.1 Å². The predicted octanol–water partition coefficient (Wildman–Crippen LogP) is 5.19. The number of fused-ring (bicyclic) bond motifs is 3. The minimum Gasteiger partial charge on any atom is -0.494 e. The molecule has 2 aliphatic rings. The van der Waals surface area contributed by atoms with Crippen molar-refractivity contribution in [1.82, 2.24) is 0 Å². The van der Waals surface area contributed by atoms with E-state index in [1.807, 2.05) is 12.1 Å². The van der Waals surface area contributed by atoms with Crippen LogP contribution in [0.3, 0.4) is 0 Å². The standard InChI is InChI=1S/C19H17BrN2O3/c1-25-17-10-13(22(23)24)9-16-14-6-3-7-15(14)18(21-19(16)17)11-4-2-5-12(20)8-11/h2-6,8-10,14-15,18,21H,7H2,1H3. The Bertz CT molecular complexity index is 881. The molecule has 0 saturated carbocycles. The SMILES string of the molecule is COc1cc([N+](=O)[O-])cc2c1NC(c1cccc(Br)c1)C1CC=CC21. The zero-order chi connectivity index (χ0) is 17.6. The number of hydrogen-bond acceptors (Lipinski definition) is 4. The van der Waals surface area contributed by atoms with Gasteiger partial charge in [0, 0.05) is 16.5 Å². The van der Waals surface area contributed by atoms with Crippen LogP contribution < -0.4 is 10.1 Å². The van der Waals surface area contributed by atoms with Crippen LogP contribution in [0.4, 0.5) is 11.4 Å². The third kappa shape index (κ3) is 2.70. The molecule has 2 aromatic rings. The first kappa shape index (κ1) is 16.1. The zero-order valence-corrected chi connectivity index (χ0v) is 15.2. The molecule has 4 rings (SSSR count). The predicted molar refractivity (Wildman–Crippen MR) is 100 cm³/mol. The van der Waals surface area contributed by atoms with E-state index >= 15 is 0 Å². The van der Waals surface area contributed by atoms with Crippen molar-refractivity contribution in [3.8, 4) is 5.75 Å². The average molecular weight is 401 g/mol. The minimum absolute atomic E-state index is 0.0670. The highest BCUT2D eigenvalue weighted by Gasteiger charge is 2.40. The third-order valence-electron chi connectivity index (χ3n) is 5.06. The number of nitro benzene ring substituents is 1. The zero-order valence-electron chi connectivity index (χ0n) is 13.6. The van der Waals surface area contributed by atoms with Gasteiger partial charge in [0.15, 0.2) is 0 Å². The maximum atomic E-state index is 11.3. The van der Waals surface area contributed by atoms with Crippen LogP contribution >= 0.6 is 15.9 Å². The van der Waals surface area contributed by atoms with Crippen LogP contribution in [0, 0.1) is 16.0 Å². The Morgan fingerprint density at radius 3 is 2.88 bits per heavy atom. The number of hydrogen-bond donors (Lipinski definition) is 1. The van der Waals surface area contributed by atoms with Gasteiger partial charge in [0.2, 0.25) is 0 Å². The number of nitrogens with zero attached hydrogens (tertiary/aromatic N) is 1. The molecule has 3 atom stereocenters. The third-order valence-corrected chi connectivity index (χ3v) is 5.55. The Kier molecular flexibility index (Phi) is 4.00. The second-order valence-corrected chi connectivity index (χ2v) is 7.32. The summed E-state index contributed by atoms with van der Waals surface area (Å²) in [6, 6.07) is 11.6.